The summed E-state index contributed by atoms with van der Waals surface area (Å²) in [5.74, 6) is 0.689. The molecule has 2 unspecified atom stereocenters. The summed E-state index contributed by atoms with van der Waals surface area (Å²) in [5.41, 5.74) is 10.9. The van der Waals surface area contributed by atoms with Crippen LogP contribution in [0.15, 0.2) is 59.7 Å². The maximum absolute atomic E-state index is 12.3. The number of nitrogens with zero attached hydrogens (tertiary/aromatic N) is 1. The lowest BCUT2D eigenvalue weighted by Crippen LogP contribution is -2.41. The quantitative estimate of drug-likeness (QED) is 0.381. The van der Waals surface area contributed by atoms with Gasteiger partial charge in [-0.15, -0.1) is 0 Å². The summed E-state index contributed by atoms with van der Waals surface area (Å²) in [6.07, 6.45) is 4.46. The highest BCUT2D eigenvalue weighted by Gasteiger charge is 2.29. The first-order valence-electron chi connectivity index (χ1n) is 9.38. The number of carbonyl (C=O) groups excluding carboxylic acids is 1. The van der Waals surface area contributed by atoms with Crippen molar-refractivity contribution in [1.29, 1.82) is 0 Å². The number of hydrazone groups is 1. The van der Waals surface area contributed by atoms with Crippen molar-refractivity contribution in [3.63, 3.8) is 0 Å². The summed E-state index contributed by atoms with van der Waals surface area (Å²) in [7, 11) is 0. The monoisotopic (exact) mass is 366 g/mol. The molecule has 3 N–H and O–H groups in total. The average Bonchev–Trinajstić information content (AvgIpc) is 3.20. The van der Waals surface area contributed by atoms with Gasteiger partial charge in [0.2, 0.25) is 0 Å². The van der Waals surface area contributed by atoms with Gasteiger partial charge in [-0.3, -0.25) is 4.79 Å². The number of hydrogen-bond acceptors (Lipinski definition) is 5. The van der Waals surface area contributed by atoms with Crippen LogP contribution in [0, 0.1) is 0 Å². The molecule has 0 aliphatic carbocycles. The molecule has 0 radical (unpaired) electrons. The van der Waals surface area contributed by atoms with Crippen molar-refractivity contribution < 1.29 is 9.53 Å². The lowest BCUT2D eigenvalue weighted by Gasteiger charge is -2.08. The highest BCUT2D eigenvalue weighted by molar-refractivity contribution is 5.85. The van der Waals surface area contributed by atoms with Gasteiger partial charge in [-0.05, 0) is 48.2 Å². The Morgan fingerprint density at radius 1 is 1.19 bits per heavy atom. The summed E-state index contributed by atoms with van der Waals surface area (Å²) >= 11 is 0. The third-order valence-electron chi connectivity index (χ3n) is 4.46. The van der Waals surface area contributed by atoms with E-state index in [0.717, 1.165) is 36.3 Å². The van der Waals surface area contributed by atoms with Gasteiger partial charge in [-0.2, -0.15) is 5.10 Å². The summed E-state index contributed by atoms with van der Waals surface area (Å²) in [5, 5.41) is 4.06. The Kier molecular flexibility index (Phi) is 6.96. The minimum Gasteiger partial charge on any atom is -0.494 e. The van der Waals surface area contributed by atoms with E-state index in [1.54, 1.807) is 6.21 Å². The minimum absolute atomic E-state index is 0.117. The molecule has 0 spiro atoms. The topological polar surface area (TPSA) is 74.8 Å². The zero-order valence-electron chi connectivity index (χ0n) is 15.5. The van der Waals surface area contributed by atoms with E-state index < -0.39 is 0 Å². The van der Waals surface area contributed by atoms with Crippen molar-refractivity contribution in [2.24, 2.45) is 5.10 Å². The molecule has 0 aromatic heterocycles. The number of amides is 1. The predicted octanol–water partition coefficient (Wildman–Crippen LogP) is 2.92. The van der Waals surface area contributed by atoms with Crippen molar-refractivity contribution in [2.45, 2.75) is 38.3 Å². The van der Waals surface area contributed by atoms with Crippen LogP contribution in [0.3, 0.4) is 0 Å². The van der Waals surface area contributed by atoms with Crippen LogP contribution in [-0.2, 0) is 4.79 Å². The molecule has 0 saturated carbocycles. The molecule has 1 amide bonds. The molecule has 27 heavy (non-hydrogen) atoms. The number of rotatable bonds is 8. The Morgan fingerprint density at radius 2 is 1.96 bits per heavy atom. The van der Waals surface area contributed by atoms with Crippen molar-refractivity contribution in [2.75, 3.05) is 6.61 Å². The number of carbonyl (C=O) groups is 1. The average molecular weight is 366 g/mol. The first kappa shape index (κ1) is 19.1. The van der Waals surface area contributed by atoms with E-state index in [1.165, 1.54) is 0 Å². The molecule has 1 saturated heterocycles. The molecule has 1 heterocycles. The number of unbranched alkanes of at least 4 members (excludes halogenated alkanes) is 1. The fourth-order valence-corrected chi connectivity index (χ4v) is 2.86. The second kappa shape index (κ2) is 9.85. The van der Waals surface area contributed by atoms with Gasteiger partial charge in [0.25, 0.3) is 5.91 Å². The highest BCUT2D eigenvalue weighted by Crippen LogP contribution is 2.21. The van der Waals surface area contributed by atoms with Gasteiger partial charge in [0.05, 0.1) is 12.8 Å². The smallest absolute Gasteiger partial charge is 0.258 e. The normalized spacial score (nSPS) is 19.3. The molecular formula is C21H26N4O2. The molecule has 0 bridgehead atoms. The van der Waals surface area contributed by atoms with Crippen LogP contribution in [0.4, 0.5) is 0 Å². The Hall–Kier alpha value is -2.70. The van der Waals surface area contributed by atoms with E-state index in [9.17, 15) is 4.79 Å². The molecule has 6 nitrogen and oxygen atoms in total. The van der Waals surface area contributed by atoms with E-state index in [0.29, 0.717) is 6.42 Å². The molecule has 2 aromatic rings. The van der Waals surface area contributed by atoms with Gasteiger partial charge in [0, 0.05) is 6.04 Å². The fourth-order valence-electron chi connectivity index (χ4n) is 2.86. The molecule has 1 fully saturated rings. The SMILES string of the molecule is CCCCOc1ccc(/C=N/NC(=O)C2CC(c3ccccc3)NN2)cc1. The molecule has 142 valence electrons. The van der Waals surface area contributed by atoms with E-state index in [4.69, 9.17) is 4.74 Å². The Bertz CT molecular complexity index is 747. The first-order valence-corrected chi connectivity index (χ1v) is 9.38. The van der Waals surface area contributed by atoms with Crippen LogP contribution >= 0.6 is 0 Å². The maximum Gasteiger partial charge on any atom is 0.258 e. The van der Waals surface area contributed by atoms with Crippen LogP contribution in [0.1, 0.15) is 43.4 Å². The molecule has 1 aliphatic rings. The molecule has 2 aromatic carbocycles. The summed E-state index contributed by atoms with van der Waals surface area (Å²) < 4.78 is 5.63. The van der Waals surface area contributed by atoms with Gasteiger partial charge in [-0.25, -0.2) is 16.3 Å². The van der Waals surface area contributed by atoms with Crippen LogP contribution in [0.25, 0.3) is 0 Å². The van der Waals surface area contributed by atoms with Crippen molar-refractivity contribution in [3.05, 3.63) is 65.7 Å². The van der Waals surface area contributed by atoms with E-state index in [-0.39, 0.29) is 18.0 Å². The van der Waals surface area contributed by atoms with Crippen LogP contribution in [-0.4, -0.2) is 24.8 Å². The Labute approximate surface area is 160 Å². The Morgan fingerprint density at radius 3 is 2.70 bits per heavy atom. The third-order valence-corrected chi connectivity index (χ3v) is 4.46. The molecule has 6 heteroatoms. The zero-order chi connectivity index (χ0) is 18.9. The number of ether oxygens (including phenoxy) is 1. The minimum atomic E-state index is -0.318. The molecule has 3 rings (SSSR count). The number of hydrogen-bond donors (Lipinski definition) is 3. The second-order valence-corrected chi connectivity index (χ2v) is 6.55. The van der Waals surface area contributed by atoms with Crippen molar-refractivity contribution in [1.82, 2.24) is 16.3 Å². The number of nitrogens with one attached hydrogen (secondary N) is 3. The summed E-state index contributed by atoms with van der Waals surface area (Å²) in [6.45, 7) is 2.86. The molecule has 1 aliphatic heterocycles. The van der Waals surface area contributed by atoms with Crippen molar-refractivity contribution >= 4 is 12.1 Å². The largest absolute Gasteiger partial charge is 0.494 e. The fraction of sp³-hybridized carbons (Fsp3) is 0.333. The van der Waals surface area contributed by atoms with Gasteiger partial charge >= 0.3 is 0 Å². The standard InChI is InChI=1S/C21H26N4O2/c1-2-3-13-27-18-11-9-16(10-12-18)15-22-25-21(26)20-14-19(23-24-20)17-7-5-4-6-8-17/h4-12,15,19-20,23-24H,2-3,13-14H2,1H3,(H,25,26)/b22-15+. The molecular weight excluding hydrogens is 340 g/mol. The van der Waals surface area contributed by atoms with Crippen molar-refractivity contribution in [3.8, 4) is 5.75 Å². The van der Waals surface area contributed by atoms with Crippen LogP contribution in [0.2, 0.25) is 0 Å². The lowest BCUT2D eigenvalue weighted by atomic mass is 10.0. The van der Waals surface area contributed by atoms with Gasteiger partial charge in [-0.1, -0.05) is 43.7 Å². The predicted molar refractivity (Wildman–Crippen MR) is 106 cm³/mol. The summed E-state index contributed by atoms with van der Waals surface area (Å²) in [6, 6.07) is 17.5. The van der Waals surface area contributed by atoms with E-state index in [2.05, 4.69) is 28.3 Å². The third kappa shape index (κ3) is 5.64. The van der Waals surface area contributed by atoms with Crippen LogP contribution in [0.5, 0.6) is 5.75 Å². The number of hydrazine groups is 1. The first-order chi connectivity index (χ1) is 13.3. The van der Waals surface area contributed by atoms with E-state index >= 15 is 0 Å². The maximum atomic E-state index is 12.3. The zero-order valence-corrected chi connectivity index (χ0v) is 15.5. The second-order valence-electron chi connectivity index (χ2n) is 6.55. The van der Waals surface area contributed by atoms with Gasteiger partial charge in [0.15, 0.2) is 0 Å². The van der Waals surface area contributed by atoms with Crippen LogP contribution < -0.4 is 21.0 Å². The van der Waals surface area contributed by atoms with Gasteiger partial charge < -0.3 is 4.74 Å². The lowest BCUT2D eigenvalue weighted by molar-refractivity contribution is -0.122. The van der Waals surface area contributed by atoms with Gasteiger partial charge in [0.1, 0.15) is 11.8 Å². The Balaban J connectivity index is 1.45. The summed E-state index contributed by atoms with van der Waals surface area (Å²) in [4.78, 5) is 12.3. The highest BCUT2D eigenvalue weighted by atomic mass is 16.5. The number of benzene rings is 2. The molecule has 2 atom stereocenters. The van der Waals surface area contributed by atoms with E-state index in [1.807, 2.05) is 54.6 Å².